The fourth-order valence-electron chi connectivity index (χ4n) is 2.04. The number of hydrogen-bond acceptors (Lipinski definition) is 3. The van der Waals surface area contributed by atoms with Crippen molar-refractivity contribution in [1.82, 2.24) is 5.32 Å². The zero-order valence-corrected chi connectivity index (χ0v) is 13.0. The van der Waals surface area contributed by atoms with Gasteiger partial charge in [-0.05, 0) is 55.3 Å². The van der Waals surface area contributed by atoms with E-state index in [0.29, 0.717) is 11.1 Å². The van der Waals surface area contributed by atoms with Gasteiger partial charge in [0.1, 0.15) is 0 Å². The largest absolute Gasteiger partial charge is 0.343 e. The summed E-state index contributed by atoms with van der Waals surface area (Å²) < 4.78 is 0. The molecule has 2 amide bonds. The molecule has 5 heteroatoms. The summed E-state index contributed by atoms with van der Waals surface area (Å²) in [6.45, 7) is 3.78. The van der Waals surface area contributed by atoms with Gasteiger partial charge >= 0.3 is 0 Å². The molecule has 0 fully saturated rings. The molecule has 0 saturated heterocycles. The summed E-state index contributed by atoms with van der Waals surface area (Å²) in [6, 6.07) is 13.9. The highest BCUT2D eigenvalue weighted by Gasteiger charge is 2.09. The van der Waals surface area contributed by atoms with E-state index >= 15 is 0 Å². The Morgan fingerprint density at radius 3 is 2.43 bits per heavy atom. The van der Waals surface area contributed by atoms with Crippen LogP contribution in [0, 0.1) is 25.2 Å². The molecule has 0 aliphatic rings. The second-order valence-electron chi connectivity index (χ2n) is 5.17. The Kier molecular flexibility index (Phi) is 5.11. The number of nitrogens with one attached hydrogen (secondary N) is 2. The third-order valence-corrected chi connectivity index (χ3v) is 3.56. The first-order valence-electron chi connectivity index (χ1n) is 7.15. The van der Waals surface area contributed by atoms with Crippen molar-refractivity contribution in [2.24, 2.45) is 0 Å². The van der Waals surface area contributed by atoms with Crippen molar-refractivity contribution in [3.63, 3.8) is 0 Å². The number of amides is 2. The number of hydrogen-bond donors (Lipinski definition) is 2. The van der Waals surface area contributed by atoms with Crippen LogP contribution in [0.3, 0.4) is 0 Å². The van der Waals surface area contributed by atoms with Crippen LogP contribution in [0.25, 0.3) is 0 Å². The van der Waals surface area contributed by atoms with Crippen molar-refractivity contribution in [3.05, 3.63) is 64.7 Å². The molecule has 2 aromatic carbocycles. The summed E-state index contributed by atoms with van der Waals surface area (Å²) in [5.74, 6) is -0.647. The minimum absolute atomic E-state index is 0.119. The van der Waals surface area contributed by atoms with Crippen molar-refractivity contribution in [3.8, 4) is 6.07 Å². The Labute approximate surface area is 134 Å². The third kappa shape index (κ3) is 4.17. The lowest BCUT2D eigenvalue weighted by Gasteiger charge is -2.11. The molecule has 0 atom stereocenters. The maximum absolute atomic E-state index is 11.9. The molecule has 5 nitrogen and oxygen atoms in total. The van der Waals surface area contributed by atoms with Gasteiger partial charge in [0.25, 0.3) is 5.91 Å². The van der Waals surface area contributed by atoms with Gasteiger partial charge in [-0.25, -0.2) is 0 Å². The Balaban J connectivity index is 1.92. The average molecular weight is 307 g/mol. The molecule has 0 unspecified atom stereocenters. The molecule has 2 rings (SSSR count). The smallest absolute Gasteiger partial charge is 0.251 e. The zero-order valence-electron chi connectivity index (χ0n) is 13.0. The van der Waals surface area contributed by atoms with Gasteiger partial charge in [-0.3, -0.25) is 9.59 Å². The highest BCUT2D eigenvalue weighted by atomic mass is 16.2. The molecular weight excluding hydrogens is 290 g/mol. The van der Waals surface area contributed by atoms with Gasteiger partial charge in [-0.2, -0.15) is 5.26 Å². The fourth-order valence-corrected chi connectivity index (χ4v) is 2.04. The molecule has 0 radical (unpaired) electrons. The average Bonchev–Trinajstić information content (AvgIpc) is 2.57. The second-order valence-corrected chi connectivity index (χ2v) is 5.17. The fraction of sp³-hybridized carbons (Fsp3) is 0.167. The number of aryl methyl sites for hydroxylation is 1. The number of carbonyl (C=O) groups is 2. The monoisotopic (exact) mass is 307 g/mol. The van der Waals surface area contributed by atoms with Crippen molar-refractivity contribution >= 4 is 17.5 Å². The van der Waals surface area contributed by atoms with Gasteiger partial charge in [0, 0.05) is 11.3 Å². The number of benzene rings is 2. The van der Waals surface area contributed by atoms with E-state index in [9.17, 15) is 9.59 Å². The highest BCUT2D eigenvalue weighted by molar-refractivity contribution is 5.99. The Morgan fingerprint density at radius 1 is 1.09 bits per heavy atom. The molecule has 0 aliphatic heterocycles. The minimum atomic E-state index is -0.356. The van der Waals surface area contributed by atoms with E-state index in [1.165, 1.54) is 0 Å². The first-order valence-corrected chi connectivity index (χ1v) is 7.15. The minimum Gasteiger partial charge on any atom is -0.343 e. The van der Waals surface area contributed by atoms with Crippen LogP contribution in [0.4, 0.5) is 5.69 Å². The van der Waals surface area contributed by atoms with Crippen LogP contribution in [-0.2, 0) is 4.79 Å². The lowest BCUT2D eigenvalue weighted by Crippen LogP contribution is -2.33. The highest BCUT2D eigenvalue weighted by Crippen LogP contribution is 2.17. The van der Waals surface area contributed by atoms with Gasteiger partial charge in [-0.15, -0.1) is 0 Å². The second kappa shape index (κ2) is 7.23. The summed E-state index contributed by atoms with van der Waals surface area (Å²) in [5.41, 5.74) is 3.71. The first kappa shape index (κ1) is 16.2. The van der Waals surface area contributed by atoms with Gasteiger partial charge < -0.3 is 10.6 Å². The summed E-state index contributed by atoms with van der Waals surface area (Å²) in [4.78, 5) is 23.9. The summed E-state index contributed by atoms with van der Waals surface area (Å²) in [5, 5.41) is 14.1. The summed E-state index contributed by atoms with van der Waals surface area (Å²) in [7, 11) is 0. The molecule has 0 saturated carbocycles. The maximum Gasteiger partial charge on any atom is 0.251 e. The summed E-state index contributed by atoms with van der Waals surface area (Å²) >= 11 is 0. The number of nitrogens with zero attached hydrogens (tertiary/aromatic N) is 1. The molecule has 2 N–H and O–H groups in total. The van der Waals surface area contributed by atoms with Gasteiger partial charge in [0.05, 0.1) is 18.2 Å². The van der Waals surface area contributed by atoms with E-state index in [4.69, 9.17) is 5.26 Å². The van der Waals surface area contributed by atoms with E-state index in [2.05, 4.69) is 10.6 Å². The van der Waals surface area contributed by atoms with Crippen LogP contribution in [0.1, 0.15) is 27.0 Å². The molecule has 116 valence electrons. The summed E-state index contributed by atoms with van der Waals surface area (Å²) in [6.07, 6.45) is 0. The Morgan fingerprint density at radius 2 is 1.78 bits per heavy atom. The van der Waals surface area contributed by atoms with Crippen LogP contribution in [0.2, 0.25) is 0 Å². The standard InChI is InChI=1S/C18H17N3O2/c1-12-4-3-5-16(13(12)2)21-17(22)11-20-18(23)15-8-6-14(10-19)7-9-15/h3-9H,11H2,1-2H3,(H,20,23)(H,21,22). The van der Waals surface area contributed by atoms with Crippen molar-refractivity contribution in [1.29, 1.82) is 5.26 Å². The normalized spacial score (nSPS) is 9.78. The third-order valence-electron chi connectivity index (χ3n) is 3.56. The Bertz CT molecular complexity index is 774. The van der Waals surface area contributed by atoms with Crippen LogP contribution in [-0.4, -0.2) is 18.4 Å². The lowest BCUT2D eigenvalue weighted by atomic mass is 10.1. The van der Waals surface area contributed by atoms with Crippen LogP contribution in [0.15, 0.2) is 42.5 Å². The number of anilines is 1. The molecule has 0 aliphatic carbocycles. The number of carbonyl (C=O) groups excluding carboxylic acids is 2. The SMILES string of the molecule is Cc1cccc(NC(=O)CNC(=O)c2ccc(C#N)cc2)c1C. The lowest BCUT2D eigenvalue weighted by molar-refractivity contribution is -0.115. The van der Waals surface area contributed by atoms with Crippen molar-refractivity contribution in [2.45, 2.75) is 13.8 Å². The van der Waals surface area contributed by atoms with E-state index in [0.717, 1.165) is 16.8 Å². The topological polar surface area (TPSA) is 82.0 Å². The van der Waals surface area contributed by atoms with Gasteiger partial charge in [0.2, 0.25) is 5.91 Å². The van der Waals surface area contributed by atoms with Crippen LogP contribution in [0.5, 0.6) is 0 Å². The van der Waals surface area contributed by atoms with E-state index in [-0.39, 0.29) is 18.4 Å². The molecular formula is C18H17N3O2. The molecule has 0 aromatic heterocycles. The van der Waals surface area contributed by atoms with Crippen LogP contribution < -0.4 is 10.6 Å². The van der Waals surface area contributed by atoms with Crippen molar-refractivity contribution < 1.29 is 9.59 Å². The number of nitriles is 1. The quantitative estimate of drug-likeness (QED) is 0.910. The molecule has 0 heterocycles. The zero-order chi connectivity index (χ0) is 16.8. The molecule has 23 heavy (non-hydrogen) atoms. The first-order chi connectivity index (χ1) is 11.0. The van der Waals surface area contributed by atoms with Crippen LogP contribution >= 0.6 is 0 Å². The molecule has 0 spiro atoms. The van der Waals surface area contributed by atoms with Gasteiger partial charge in [0.15, 0.2) is 0 Å². The van der Waals surface area contributed by atoms with Gasteiger partial charge in [-0.1, -0.05) is 12.1 Å². The van der Waals surface area contributed by atoms with E-state index < -0.39 is 0 Å². The number of rotatable bonds is 4. The maximum atomic E-state index is 11.9. The van der Waals surface area contributed by atoms with E-state index in [1.807, 2.05) is 38.1 Å². The van der Waals surface area contributed by atoms with Crippen molar-refractivity contribution in [2.75, 3.05) is 11.9 Å². The predicted molar refractivity (Wildman–Crippen MR) is 88.0 cm³/mol. The van der Waals surface area contributed by atoms with E-state index in [1.54, 1.807) is 24.3 Å². The Hall–Kier alpha value is -3.13. The molecule has 0 bridgehead atoms. The molecule has 2 aromatic rings. The predicted octanol–water partition coefficient (Wildman–Crippen LogP) is 2.54.